The molecule has 1 aromatic carbocycles. The highest BCUT2D eigenvalue weighted by Crippen LogP contribution is 2.60. The first kappa shape index (κ1) is 15.1. The van der Waals surface area contributed by atoms with Crippen molar-refractivity contribution in [1.82, 2.24) is 5.32 Å². The van der Waals surface area contributed by atoms with Crippen LogP contribution in [0.1, 0.15) is 56.7 Å². The Bertz CT molecular complexity index is 493. The van der Waals surface area contributed by atoms with E-state index in [0.717, 1.165) is 11.8 Å². The second kappa shape index (κ2) is 5.12. The second-order valence-corrected chi connectivity index (χ2v) is 8.94. The van der Waals surface area contributed by atoms with Gasteiger partial charge >= 0.3 is 0 Å². The molecule has 0 saturated heterocycles. The minimum Gasteiger partial charge on any atom is -0.312 e. The molecule has 0 aliphatic heterocycles. The van der Waals surface area contributed by atoms with Crippen molar-refractivity contribution >= 4 is 0 Å². The predicted octanol–water partition coefficient (Wildman–Crippen LogP) is 4.65. The van der Waals surface area contributed by atoms with Crippen molar-refractivity contribution in [1.29, 1.82) is 0 Å². The fourth-order valence-corrected chi connectivity index (χ4v) is 4.41. The van der Waals surface area contributed by atoms with Crippen LogP contribution in [-0.2, 0) is 6.42 Å². The molecule has 2 saturated carbocycles. The molecule has 1 N–H and O–H groups in total. The third kappa shape index (κ3) is 3.69. The zero-order chi connectivity index (χ0) is 15.3. The van der Waals surface area contributed by atoms with Gasteiger partial charge in [-0.15, -0.1) is 0 Å². The van der Waals surface area contributed by atoms with E-state index in [2.05, 4.69) is 58.1 Å². The van der Waals surface area contributed by atoms with Crippen molar-refractivity contribution in [3.63, 3.8) is 0 Å². The summed E-state index contributed by atoms with van der Waals surface area (Å²) in [5, 5.41) is 3.80. The van der Waals surface area contributed by atoms with E-state index >= 15 is 0 Å². The van der Waals surface area contributed by atoms with E-state index < -0.39 is 0 Å². The third-order valence-electron chi connectivity index (χ3n) is 5.31. The monoisotopic (exact) mass is 285 g/mol. The summed E-state index contributed by atoms with van der Waals surface area (Å²) in [6.07, 6.45) is 5.64. The van der Waals surface area contributed by atoms with Gasteiger partial charge in [-0.05, 0) is 83.1 Å². The SMILES string of the molecule is Cc1cc(C)cc(CC2(CNC(C)(C)C)CC3CC3C2)c1. The van der Waals surface area contributed by atoms with Crippen molar-refractivity contribution in [2.75, 3.05) is 6.54 Å². The number of nitrogens with one attached hydrogen (secondary N) is 1. The van der Waals surface area contributed by atoms with Crippen LogP contribution in [0.5, 0.6) is 0 Å². The van der Waals surface area contributed by atoms with Gasteiger partial charge in [0.25, 0.3) is 0 Å². The molecule has 0 bridgehead atoms. The maximum absolute atomic E-state index is 3.80. The molecular weight excluding hydrogens is 254 g/mol. The Kier molecular flexibility index (Phi) is 3.68. The standard InChI is InChI=1S/C20H31N/c1-14-6-15(2)8-16(7-14)10-20(13-21-19(3,4)5)11-17-9-18(17)12-20/h6-8,17-18,21H,9-13H2,1-5H3. The number of fused-ring (bicyclic) bond motifs is 1. The highest BCUT2D eigenvalue weighted by atomic mass is 15.0. The molecule has 2 unspecified atom stereocenters. The molecule has 21 heavy (non-hydrogen) atoms. The molecule has 2 aliphatic carbocycles. The van der Waals surface area contributed by atoms with E-state index in [-0.39, 0.29) is 5.54 Å². The van der Waals surface area contributed by atoms with E-state index in [1.807, 2.05) is 0 Å². The number of hydrogen-bond acceptors (Lipinski definition) is 1. The quantitative estimate of drug-likeness (QED) is 0.849. The van der Waals surface area contributed by atoms with Crippen LogP contribution in [0.4, 0.5) is 0 Å². The van der Waals surface area contributed by atoms with Crippen LogP contribution in [-0.4, -0.2) is 12.1 Å². The van der Waals surface area contributed by atoms with Crippen molar-refractivity contribution in [3.8, 4) is 0 Å². The second-order valence-electron chi connectivity index (χ2n) is 8.94. The molecule has 1 aromatic rings. The van der Waals surface area contributed by atoms with E-state index in [9.17, 15) is 0 Å². The molecule has 2 aliphatic rings. The first-order valence-corrected chi connectivity index (χ1v) is 8.57. The van der Waals surface area contributed by atoms with Crippen LogP contribution in [0, 0.1) is 31.1 Å². The molecule has 3 rings (SSSR count). The lowest BCUT2D eigenvalue weighted by Gasteiger charge is -2.35. The Morgan fingerprint density at radius 1 is 1.05 bits per heavy atom. The Balaban J connectivity index is 1.76. The van der Waals surface area contributed by atoms with E-state index in [4.69, 9.17) is 0 Å². The van der Waals surface area contributed by atoms with Gasteiger partial charge in [0.05, 0.1) is 0 Å². The van der Waals surface area contributed by atoms with Crippen LogP contribution in [0.3, 0.4) is 0 Å². The van der Waals surface area contributed by atoms with Gasteiger partial charge in [-0.2, -0.15) is 0 Å². The predicted molar refractivity (Wildman–Crippen MR) is 90.6 cm³/mol. The fraction of sp³-hybridized carbons (Fsp3) is 0.700. The van der Waals surface area contributed by atoms with Crippen molar-refractivity contribution < 1.29 is 0 Å². The van der Waals surface area contributed by atoms with Gasteiger partial charge < -0.3 is 5.32 Å². The lowest BCUT2D eigenvalue weighted by atomic mass is 9.76. The first-order chi connectivity index (χ1) is 9.75. The molecule has 0 spiro atoms. The zero-order valence-electron chi connectivity index (χ0n) is 14.4. The fourth-order valence-electron chi connectivity index (χ4n) is 4.41. The summed E-state index contributed by atoms with van der Waals surface area (Å²) in [7, 11) is 0. The van der Waals surface area contributed by atoms with E-state index in [1.54, 1.807) is 5.56 Å². The highest BCUT2D eigenvalue weighted by Gasteiger charge is 2.53. The highest BCUT2D eigenvalue weighted by molar-refractivity contribution is 5.30. The molecule has 0 amide bonds. The van der Waals surface area contributed by atoms with Crippen LogP contribution < -0.4 is 5.32 Å². The smallest absolute Gasteiger partial charge is 0.00967 e. The summed E-state index contributed by atoms with van der Waals surface area (Å²) < 4.78 is 0. The average Bonchev–Trinajstić information content (AvgIpc) is 2.93. The maximum Gasteiger partial charge on any atom is 0.00967 e. The maximum atomic E-state index is 3.80. The summed E-state index contributed by atoms with van der Waals surface area (Å²) in [5.74, 6) is 2.08. The van der Waals surface area contributed by atoms with Gasteiger partial charge in [0, 0.05) is 12.1 Å². The summed E-state index contributed by atoms with van der Waals surface area (Å²) in [5.41, 5.74) is 5.09. The summed E-state index contributed by atoms with van der Waals surface area (Å²) >= 11 is 0. The molecule has 0 heterocycles. The minimum atomic E-state index is 0.225. The van der Waals surface area contributed by atoms with Gasteiger partial charge in [-0.1, -0.05) is 29.3 Å². The first-order valence-electron chi connectivity index (χ1n) is 8.57. The van der Waals surface area contributed by atoms with Gasteiger partial charge in [-0.25, -0.2) is 0 Å². The average molecular weight is 285 g/mol. The third-order valence-corrected chi connectivity index (χ3v) is 5.31. The van der Waals surface area contributed by atoms with Crippen LogP contribution >= 0.6 is 0 Å². The number of hydrogen-bond donors (Lipinski definition) is 1. The van der Waals surface area contributed by atoms with Gasteiger partial charge in [0.1, 0.15) is 0 Å². The van der Waals surface area contributed by atoms with E-state index in [0.29, 0.717) is 5.41 Å². The largest absolute Gasteiger partial charge is 0.312 e. The molecule has 1 heteroatoms. The Morgan fingerprint density at radius 2 is 1.62 bits per heavy atom. The number of aryl methyl sites for hydroxylation is 2. The zero-order valence-corrected chi connectivity index (χ0v) is 14.4. The number of rotatable bonds is 4. The van der Waals surface area contributed by atoms with Crippen LogP contribution in [0.15, 0.2) is 18.2 Å². The van der Waals surface area contributed by atoms with Crippen molar-refractivity contribution in [2.24, 2.45) is 17.3 Å². The molecular formula is C20H31N. The van der Waals surface area contributed by atoms with Crippen molar-refractivity contribution in [2.45, 2.75) is 65.8 Å². The normalized spacial score (nSPS) is 31.3. The molecule has 2 fully saturated rings. The Hall–Kier alpha value is -0.820. The molecule has 2 atom stereocenters. The van der Waals surface area contributed by atoms with Gasteiger partial charge in [0.2, 0.25) is 0 Å². The molecule has 1 nitrogen and oxygen atoms in total. The minimum absolute atomic E-state index is 0.225. The van der Waals surface area contributed by atoms with E-state index in [1.165, 1.54) is 43.4 Å². The summed E-state index contributed by atoms with van der Waals surface area (Å²) in [4.78, 5) is 0. The van der Waals surface area contributed by atoms with Crippen LogP contribution in [0.25, 0.3) is 0 Å². The van der Waals surface area contributed by atoms with Crippen LogP contribution in [0.2, 0.25) is 0 Å². The topological polar surface area (TPSA) is 12.0 Å². The van der Waals surface area contributed by atoms with Gasteiger partial charge in [-0.3, -0.25) is 0 Å². The molecule has 0 radical (unpaired) electrons. The van der Waals surface area contributed by atoms with Crippen molar-refractivity contribution in [3.05, 3.63) is 34.9 Å². The molecule has 116 valence electrons. The Morgan fingerprint density at radius 3 is 2.14 bits per heavy atom. The van der Waals surface area contributed by atoms with Gasteiger partial charge in [0.15, 0.2) is 0 Å². The summed E-state index contributed by atoms with van der Waals surface area (Å²) in [6, 6.07) is 7.08. The lowest BCUT2D eigenvalue weighted by molar-refractivity contribution is 0.222. The Labute approximate surface area is 130 Å². The molecule has 0 aromatic heterocycles. The lowest BCUT2D eigenvalue weighted by Crippen LogP contribution is -2.44. The summed E-state index contributed by atoms with van der Waals surface area (Å²) in [6.45, 7) is 12.5. The number of benzene rings is 1.